The summed E-state index contributed by atoms with van der Waals surface area (Å²) in [5, 5.41) is 11.0. The first kappa shape index (κ1) is 15.5. The van der Waals surface area contributed by atoms with E-state index in [2.05, 4.69) is 29.1 Å². The lowest BCUT2D eigenvalue weighted by molar-refractivity contribution is -0.384. The lowest BCUT2D eigenvalue weighted by Gasteiger charge is -2.26. The number of nitrogen functional groups attached to an aromatic ring is 1. The Morgan fingerprint density at radius 2 is 2.14 bits per heavy atom. The maximum absolute atomic E-state index is 11.0. The summed E-state index contributed by atoms with van der Waals surface area (Å²) in [6, 6.07) is 5.43. The number of non-ortho nitro benzene ring substituents is 1. The van der Waals surface area contributed by atoms with Crippen molar-refractivity contribution in [3.63, 3.8) is 0 Å². The molecule has 0 saturated carbocycles. The van der Waals surface area contributed by atoms with Crippen LogP contribution < -0.4 is 16.2 Å². The monoisotopic (exact) mass is 293 g/mol. The van der Waals surface area contributed by atoms with Gasteiger partial charge in [-0.05, 0) is 25.6 Å². The molecule has 1 aliphatic heterocycles. The summed E-state index contributed by atoms with van der Waals surface area (Å²) in [6.45, 7) is 8.18. The maximum Gasteiger partial charge on any atom is 0.273 e. The van der Waals surface area contributed by atoms with Crippen molar-refractivity contribution in [1.82, 2.24) is 4.90 Å². The fourth-order valence-corrected chi connectivity index (χ4v) is 2.98. The van der Waals surface area contributed by atoms with E-state index >= 15 is 0 Å². The van der Waals surface area contributed by atoms with Crippen LogP contribution in [0.1, 0.15) is 20.3 Å². The average Bonchev–Trinajstić information content (AvgIpc) is 2.97. The largest absolute Gasteiger partial charge is 0.370 e. The first-order valence-electron chi connectivity index (χ1n) is 7.34. The van der Waals surface area contributed by atoms with Gasteiger partial charge >= 0.3 is 0 Å². The van der Waals surface area contributed by atoms with Crippen LogP contribution in [-0.2, 0) is 0 Å². The molecule has 1 aliphatic rings. The Morgan fingerprint density at radius 1 is 1.43 bits per heavy atom. The van der Waals surface area contributed by atoms with Gasteiger partial charge in [-0.2, -0.15) is 0 Å². The van der Waals surface area contributed by atoms with Crippen molar-refractivity contribution < 1.29 is 4.92 Å². The van der Waals surface area contributed by atoms with Crippen LogP contribution in [-0.4, -0.2) is 42.0 Å². The lowest BCUT2D eigenvalue weighted by atomic mass is 10.2. The first-order valence-corrected chi connectivity index (χ1v) is 7.34. The zero-order valence-electron chi connectivity index (χ0n) is 12.6. The van der Waals surface area contributed by atoms with Gasteiger partial charge in [-0.3, -0.25) is 20.9 Å². The maximum atomic E-state index is 11.0. The Kier molecular flexibility index (Phi) is 4.98. The van der Waals surface area contributed by atoms with Crippen LogP contribution in [0, 0.1) is 10.1 Å². The summed E-state index contributed by atoms with van der Waals surface area (Å²) in [5.74, 6) is 5.41. The van der Waals surface area contributed by atoms with Gasteiger partial charge in [0, 0.05) is 37.0 Å². The molecule has 1 saturated heterocycles. The SMILES string of the molecule is CCN(CC)C1CCN(c2cc(NN)cc([N+](=O)[O-])c2)C1. The fraction of sp³-hybridized carbons (Fsp3) is 0.571. The molecule has 0 amide bonds. The highest BCUT2D eigenvalue weighted by molar-refractivity contribution is 5.64. The van der Waals surface area contributed by atoms with Gasteiger partial charge in [0.05, 0.1) is 10.6 Å². The second-order valence-corrected chi connectivity index (χ2v) is 5.25. The highest BCUT2D eigenvalue weighted by atomic mass is 16.6. The molecule has 1 heterocycles. The molecule has 3 N–H and O–H groups in total. The van der Waals surface area contributed by atoms with E-state index in [0.717, 1.165) is 38.3 Å². The molecule has 0 aliphatic carbocycles. The van der Waals surface area contributed by atoms with Gasteiger partial charge in [0.15, 0.2) is 0 Å². The zero-order chi connectivity index (χ0) is 15.4. The van der Waals surface area contributed by atoms with E-state index in [4.69, 9.17) is 5.84 Å². The summed E-state index contributed by atoms with van der Waals surface area (Å²) in [6.07, 6.45) is 1.08. The topological polar surface area (TPSA) is 87.7 Å². The van der Waals surface area contributed by atoms with Crippen LogP contribution in [0.5, 0.6) is 0 Å². The van der Waals surface area contributed by atoms with Crippen LogP contribution in [0.4, 0.5) is 17.1 Å². The molecular formula is C14H23N5O2. The third-order valence-corrected chi connectivity index (χ3v) is 4.14. The molecule has 1 fully saturated rings. The molecule has 1 unspecified atom stereocenters. The number of nitrogens with one attached hydrogen (secondary N) is 1. The van der Waals surface area contributed by atoms with Gasteiger partial charge in [-0.15, -0.1) is 0 Å². The highest BCUT2D eigenvalue weighted by Crippen LogP contribution is 2.29. The Morgan fingerprint density at radius 3 is 2.71 bits per heavy atom. The number of likely N-dealkylation sites (N-methyl/N-ethyl adjacent to an activating group) is 1. The molecule has 0 bridgehead atoms. The predicted molar refractivity (Wildman–Crippen MR) is 84.4 cm³/mol. The number of hydrogen-bond donors (Lipinski definition) is 2. The van der Waals surface area contributed by atoms with E-state index in [1.54, 1.807) is 6.07 Å². The van der Waals surface area contributed by atoms with Gasteiger partial charge in [0.2, 0.25) is 0 Å². The van der Waals surface area contributed by atoms with Crippen molar-refractivity contribution in [2.45, 2.75) is 26.3 Å². The van der Waals surface area contributed by atoms with Gasteiger partial charge in [0.1, 0.15) is 0 Å². The summed E-state index contributed by atoms with van der Waals surface area (Å²) in [7, 11) is 0. The van der Waals surface area contributed by atoms with Crippen molar-refractivity contribution in [2.24, 2.45) is 5.84 Å². The van der Waals surface area contributed by atoms with E-state index in [9.17, 15) is 10.1 Å². The molecule has 0 spiro atoms. The number of nitro groups is 1. The van der Waals surface area contributed by atoms with Crippen molar-refractivity contribution in [1.29, 1.82) is 0 Å². The standard InChI is InChI=1S/C14H23N5O2/c1-3-17(4-2)12-5-6-18(10-12)13-7-11(16-15)8-14(9-13)19(20)21/h7-9,12,16H,3-6,10,15H2,1-2H3. The first-order chi connectivity index (χ1) is 10.1. The third kappa shape index (κ3) is 3.43. The van der Waals surface area contributed by atoms with Crippen LogP contribution in [0.3, 0.4) is 0 Å². The van der Waals surface area contributed by atoms with E-state index in [0.29, 0.717) is 11.7 Å². The van der Waals surface area contributed by atoms with Gasteiger partial charge in [-0.1, -0.05) is 13.8 Å². The normalized spacial score (nSPS) is 18.3. The zero-order valence-corrected chi connectivity index (χ0v) is 12.6. The molecule has 1 atom stereocenters. The minimum Gasteiger partial charge on any atom is -0.370 e. The second-order valence-electron chi connectivity index (χ2n) is 5.25. The minimum absolute atomic E-state index is 0.0618. The van der Waals surface area contributed by atoms with Gasteiger partial charge in [0.25, 0.3) is 5.69 Å². The molecular weight excluding hydrogens is 270 g/mol. The summed E-state index contributed by atoms with van der Waals surface area (Å²) < 4.78 is 0. The van der Waals surface area contributed by atoms with E-state index in [-0.39, 0.29) is 10.6 Å². The molecule has 7 heteroatoms. The van der Waals surface area contributed by atoms with Crippen molar-refractivity contribution in [2.75, 3.05) is 36.5 Å². The number of benzene rings is 1. The van der Waals surface area contributed by atoms with Crippen LogP contribution in [0.25, 0.3) is 0 Å². The molecule has 21 heavy (non-hydrogen) atoms. The van der Waals surface area contributed by atoms with Crippen LogP contribution in [0.2, 0.25) is 0 Å². The minimum atomic E-state index is -0.387. The number of rotatable bonds is 6. The smallest absolute Gasteiger partial charge is 0.273 e. The number of hydrogen-bond acceptors (Lipinski definition) is 6. The third-order valence-electron chi connectivity index (χ3n) is 4.14. The van der Waals surface area contributed by atoms with Crippen LogP contribution in [0.15, 0.2) is 18.2 Å². The molecule has 0 aromatic heterocycles. The van der Waals surface area contributed by atoms with Crippen molar-refractivity contribution in [3.8, 4) is 0 Å². The molecule has 7 nitrogen and oxygen atoms in total. The molecule has 116 valence electrons. The van der Waals surface area contributed by atoms with Gasteiger partial charge < -0.3 is 10.3 Å². The molecule has 1 aromatic carbocycles. The number of hydrazine groups is 1. The predicted octanol–water partition coefficient (Wildman–Crippen LogP) is 1.80. The van der Waals surface area contributed by atoms with E-state index in [1.807, 2.05) is 6.07 Å². The van der Waals surface area contributed by atoms with Crippen LogP contribution >= 0.6 is 0 Å². The van der Waals surface area contributed by atoms with Crippen molar-refractivity contribution >= 4 is 17.1 Å². The Labute approximate surface area is 124 Å². The molecule has 0 radical (unpaired) electrons. The fourth-order valence-electron chi connectivity index (χ4n) is 2.98. The second kappa shape index (κ2) is 6.73. The quantitative estimate of drug-likeness (QED) is 0.472. The number of nitrogens with zero attached hydrogens (tertiary/aromatic N) is 3. The molecule has 2 rings (SSSR count). The average molecular weight is 293 g/mol. The number of nitro benzene ring substituents is 1. The Bertz CT molecular complexity index is 504. The summed E-state index contributed by atoms with van der Waals surface area (Å²) in [4.78, 5) is 15.2. The Hall–Kier alpha value is -1.86. The van der Waals surface area contributed by atoms with Gasteiger partial charge in [-0.25, -0.2) is 0 Å². The molecule has 1 aromatic rings. The number of anilines is 2. The summed E-state index contributed by atoms with van der Waals surface area (Å²) >= 11 is 0. The summed E-state index contributed by atoms with van der Waals surface area (Å²) in [5.41, 5.74) is 3.98. The van der Waals surface area contributed by atoms with E-state index < -0.39 is 0 Å². The number of nitrogens with two attached hydrogens (primary N) is 1. The lowest BCUT2D eigenvalue weighted by Crippen LogP contribution is -2.37. The van der Waals surface area contributed by atoms with E-state index in [1.165, 1.54) is 6.07 Å². The van der Waals surface area contributed by atoms with Crippen molar-refractivity contribution in [3.05, 3.63) is 28.3 Å². The Balaban J connectivity index is 2.19. The highest BCUT2D eigenvalue weighted by Gasteiger charge is 2.27.